The van der Waals surface area contributed by atoms with Gasteiger partial charge in [-0.3, -0.25) is 0 Å². The molecule has 0 aliphatic rings. The van der Waals surface area contributed by atoms with Gasteiger partial charge in [0, 0.05) is 5.54 Å². The minimum atomic E-state index is 0.295. The summed E-state index contributed by atoms with van der Waals surface area (Å²) in [6.07, 6.45) is 7.24. The maximum atomic E-state index is 3.56. The van der Waals surface area contributed by atoms with Gasteiger partial charge in [0.25, 0.3) is 0 Å². The van der Waals surface area contributed by atoms with Crippen LogP contribution in [0.3, 0.4) is 0 Å². The molecule has 0 spiro atoms. The third-order valence-corrected chi connectivity index (χ3v) is 2.93. The van der Waals surface area contributed by atoms with Gasteiger partial charge in [-0.25, -0.2) is 0 Å². The first kappa shape index (κ1) is 13.7. The van der Waals surface area contributed by atoms with Crippen molar-refractivity contribution in [2.24, 2.45) is 0 Å². The molecule has 0 aliphatic heterocycles. The molecule has 0 rings (SSSR count). The van der Waals surface area contributed by atoms with Gasteiger partial charge in [0.15, 0.2) is 0 Å². The first-order valence-corrected chi connectivity index (χ1v) is 5.98. The molecule has 1 unspecified atom stereocenters. The fourth-order valence-corrected chi connectivity index (χ4v) is 1.66. The molecule has 0 aromatic carbocycles. The maximum Gasteiger partial charge on any atom is 0.0185 e. The molecular weight excluding hydrogens is 170 g/mol. The van der Waals surface area contributed by atoms with Crippen LogP contribution in [0.2, 0.25) is 0 Å². The molecule has 0 saturated heterocycles. The van der Waals surface area contributed by atoms with Crippen LogP contribution in [0.5, 0.6) is 0 Å². The first-order valence-electron chi connectivity index (χ1n) is 5.98. The van der Waals surface area contributed by atoms with Crippen molar-refractivity contribution in [3.05, 3.63) is 11.6 Å². The quantitative estimate of drug-likeness (QED) is 0.610. The zero-order valence-corrected chi connectivity index (χ0v) is 10.6. The Kier molecular flexibility index (Phi) is 6.90. The van der Waals surface area contributed by atoms with Crippen molar-refractivity contribution in [1.29, 1.82) is 0 Å². The molecule has 0 aromatic heterocycles. The van der Waals surface area contributed by atoms with Gasteiger partial charge in [0.05, 0.1) is 0 Å². The Morgan fingerprint density at radius 2 is 1.93 bits per heavy atom. The van der Waals surface area contributed by atoms with Crippen LogP contribution in [0, 0.1) is 0 Å². The molecule has 0 saturated carbocycles. The molecule has 0 radical (unpaired) electrons. The summed E-state index contributed by atoms with van der Waals surface area (Å²) < 4.78 is 0. The van der Waals surface area contributed by atoms with Crippen molar-refractivity contribution < 1.29 is 0 Å². The molecule has 14 heavy (non-hydrogen) atoms. The summed E-state index contributed by atoms with van der Waals surface area (Å²) in [5.41, 5.74) is 1.83. The number of rotatable bonds is 7. The largest absolute Gasteiger partial charge is 0.311 e. The van der Waals surface area contributed by atoms with Crippen LogP contribution in [0.15, 0.2) is 11.6 Å². The average Bonchev–Trinajstić information content (AvgIpc) is 2.16. The fraction of sp³-hybridized carbons (Fsp3) is 0.846. The van der Waals surface area contributed by atoms with Gasteiger partial charge in [-0.15, -0.1) is 0 Å². The average molecular weight is 197 g/mol. The highest BCUT2D eigenvalue weighted by molar-refractivity contribution is 5.02. The van der Waals surface area contributed by atoms with Crippen molar-refractivity contribution in [1.82, 2.24) is 5.32 Å². The second-order valence-corrected chi connectivity index (χ2v) is 4.45. The minimum absolute atomic E-state index is 0.295. The van der Waals surface area contributed by atoms with Crippen LogP contribution in [0.4, 0.5) is 0 Å². The lowest BCUT2D eigenvalue weighted by molar-refractivity contribution is 0.354. The van der Waals surface area contributed by atoms with Crippen molar-refractivity contribution >= 4 is 0 Å². The Bertz CT molecular complexity index is 172. The summed E-state index contributed by atoms with van der Waals surface area (Å²) in [4.78, 5) is 0. The SMILES string of the molecule is CCCC(C)=CCC(C)(CC)NCC. The van der Waals surface area contributed by atoms with Gasteiger partial charge in [-0.1, -0.05) is 38.8 Å². The van der Waals surface area contributed by atoms with Crippen LogP contribution in [0.25, 0.3) is 0 Å². The summed E-state index contributed by atoms with van der Waals surface area (Å²) in [6, 6.07) is 0. The normalized spacial score (nSPS) is 16.8. The third kappa shape index (κ3) is 5.43. The van der Waals surface area contributed by atoms with Crippen LogP contribution < -0.4 is 5.32 Å². The van der Waals surface area contributed by atoms with E-state index in [4.69, 9.17) is 0 Å². The highest BCUT2D eigenvalue weighted by atomic mass is 14.9. The Balaban J connectivity index is 4.10. The van der Waals surface area contributed by atoms with Crippen molar-refractivity contribution in [3.8, 4) is 0 Å². The highest BCUT2D eigenvalue weighted by Crippen LogP contribution is 2.17. The Morgan fingerprint density at radius 1 is 1.29 bits per heavy atom. The molecule has 1 atom stereocenters. The van der Waals surface area contributed by atoms with E-state index in [9.17, 15) is 0 Å². The summed E-state index contributed by atoms with van der Waals surface area (Å²) in [7, 11) is 0. The lowest BCUT2D eigenvalue weighted by atomic mass is 9.93. The molecule has 0 aromatic rings. The zero-order chi connectivity index (χ0) is 11.0. The predicted octanol–water partition coefficient (Wildman–Crippen LogP) is 3.90. The standard InChI is InChI=1S/C13H27N/c1-6-9-12(4)10-11-13(5,7-2)14-8-3/h10,14H,6-9,11H2,1-5H3. The predicted molar refractivity (Wildman–Crippen MR) is 65.7 cm³/mol. The Labute approximate surface area is 90.0 Å². The van der Waals surface area contributed by atoms with Gasteiger partial charge < -0.3 is 5.32 Å². The van der Waals surface area contributed by atoms with Crippen LogP contribution in [-0.4, -0.2) is 12.1 Å². The molecule has 0 heterocycles. The first-order chi connectivity index (χ1) is 6.58. The summed E-state index contributed by atoms with van der Waals surface area (Å²) >= 11 is 0. The van der Waals surface area contributed by atoms with Crippen molar-refractivity contribution in [3.63, 3.8) is 0 Å². The Morgan fingerprint density at radius 3 is 2.36 bits per heavy atom. The second kappa shape index (κ2) is 7.05. The van der Waals surface area contributed by atoms with E-state index in [1.165, 1.54) is 24.8 Å². The van der Waals surface area contributed by atoms with E-state index >= 15 is 0 Å². The Hall–Kier alpha value is -0.300. The summed E-state index contributed by atoms with van der Waals surface area (Å²) in [5, 5.41) is 3.56. The number of nitrogens with one attached hydrogen (secondary N) is 1. The molecule has 84 valence electrons. The van der Waals surface area contributed by atoms with Crippen LogP contribution in [0.1, 0.15) is 60.3 Å². The van der Waals surface area contributed by atoms with E-state index in [0.29, 0.717) is 5.54 Å². The van der Waals surface area contributed by atoms with E-state index in [2.05, 4.69) is 46.0 Å². The molecule has 0 aliphatic carbocycles. The van der Waals surface area contributed by atoms with E-state index < -0.39 is 0 Å². The smallest absolute Gasteiger partial charge is 0.0185 e. The molecule has 1 nitrogen and oxygen atoms in total. The van der Waals surface area contributed by atoms with Gasteiger partial charge in [-0.05, 0) is 39.7 Å². The van der Waals surface area contributed by atoms with E-state index in [1.54, 1.807) is 0 Å². The van der Waals surface area contributed by atoms with Crippen LogP contribution >= 0.6 is 0 Å². The molecule has 1 heteroatoms. The second-order valence-electron chi connectivity index (χ2n) is 4.45. The fourth-order valence-electron chi connectivity index (χ4n) is 1.66. The van der Waals surface area contributed by atoms with Gasteiger partial charge in [0.1, 0.15) is 0 Å². The van der Waals surface area contributed by atoms with E-state index in [-0.39, 0.29) is 0 Å². The molecule has 0 fully saturated rings. The molecule has 1 N–H and O–H groups in total. The molecular formula is C13H27N. The topological polar surface area (TPSA) is 12.0 Å². The van der Waals surface area contributed by atoms with E-state index in [1.807, 2.05) is 0 Å². The van der Waals surface area contributed by atoms with Gasteiger partial charge in [0.2, 0.25) is 0 Å². The maximum absolute atomic E-state index is 3.56. The lowest BCUT2D eigenvalue weighted by Gasteiger charge is -2.28. The zero-order valence-electron chi connectivity index (χ0n) is 10.6. The monoisotopic (exact) mass is 197 g/mol. The summed E-state index contributed by atoms with van der Waals surface area (Å²) in [6.45, 7) is 12.3. The third-order valence-electron chi connectivity index (χ3n) is 2.93. The lowest BCUT2D eigenvalue weighted by Crippen LogP contribution is -2.41. The molecule has 0 bridgehead atoms. The van der Waals surface area contributed by atoms with Gasteiger partial charge >= 0.3 is 0 Å². The highest BCUT2D eigenvalue weighted by Gasteiger charge is 2.18. The van der Waals surface area contributed by atoms with Crippen molar-refractivity contribution in [2.45, 2.75) is 65.8 Å². The summed E-state index contributed by atoms with van der Waals surface area (Å²) in [5.74, 6) is 0. The van der Waals surface area contributed by atoms with Gasteiger partial charge in [-0.2, -0.15) is 0 Å². The number of allylic oxidation sites excluding steroid dienone is 1. The van der Waals surface area contributed by atoms with E-state index in [0.717, 1.165) is 13.0 Å². The van der Waals surface area contributed by atoms with Crippen molar-refractivity contribution in [2.75, 3.05) is 6.54 Å². The number of hydrogen-bond acceptors (Lipinski definition) is 1. The number of hydrogen-bond donors (Lipinski definition) is 1. The molecule has 0 amide bonds. The minimum Gasteiger partial charge on any atom is -0.311 e. The van der Waals surface area contributed by atoms with Crippen LogP contribution in [-0.2, 0) is 0 Å².